The molecule has 17 heavy (non-hydrogen) atoms. The number of rotatable bonds is 1. The Labute approximate surface area is 100 Å². The number of amides is 1. The molecule has 2 aliphatic rings. The molecule has 0 saturated carbocycles. The van der Waals surface area contributed by atoms with Crippen LogP contribution >= 0.6 is 11.8 Å². The quantitative estimate of drug-likeness (QED) is 0.762. The molecule has 1 amide bonds. The van der Waals surface area contributed by atoms with Crippen LogP contribution in [-0.4, -0.2) is 27.5 Å². The van der Waals surface area contributed by atoms with Crippen LogP contribution in [0.3, 0.4) is 0 Å². The average Bonchev–Trinajstić information content (AvgIpc) is 2.94. The summed E-state index contributed by atoms with van der Waals surface area (Å²) in [7, 11) is 0. The monoisotopic (exact) mass is 246 g/mol. The van der Waals surface area contributed by atoms with Crippen LogP contribution in [0.25, 0.3) is 6.08 Å². The summed E-state index contributed by atoms with van der Waals surface area (Å²) in [5, 5.41) is 13.6. The van der Waals surface area contributed by atoms with Gasteiger partial charge in [-0.1, -0.05) is 0 Å². The lowest BCUT2D eigenvalue weighted by Crippen LogP contribution is -2.35. The van der Waals surface area contributed by atoms with Crippen molar-refractivity contribution in [3.8, 4) is 0 Å². The number of carbonyl (C=O) groups excluding carboxylic acids is 1. The Morgan fingerprint density at radius 3 is 3.18 bits per heavy atom. The molecular formula is C10H6N4O2S. The smallest absolute Gasteiger partial charge is 0.283 e. The van der Waals surface area contributed by atoms with E-state index in [-0.39, 0.29) is 11.4 Å². The predicted molar refractivity (Wildman–Crippen MR) is 64.8 cm³/mol. The summed E-state index contributed by atoms with van der Waals surface area (Å²) in [5.74, 6) is 0.0703. The first kappa shape index (κ1) is 10.0. The second-order valence-corrected chi connectivity index (χ2v) is 4.08. The Morgan fingerprint density at radius 1 is 1.53 bits per heavy atom. The summed E-state index contributed by atoms with van der Waals surface area (Å²) < 4.78 is 5.11. The number of furan rings is 1. The molecule has 0 unspecified atom stereocenters. The number of amidine groups is 2. The van der Waals surface area contributed by atoms with E-state index >= 15 is 0 Å². The molecule has 2 aliphatic heterocycles. The van der Waals surface area contributed by atoms with Crippen LogP contribution in [-0.2, 0) is 4.79 Å². The van der Waals surface area contributed by atoms with Crippen LogP contribution in [0.1, 0.15) is 5.76 Å². The molecule has 3 heterocycles. The number of carbonyl (C=O) groups is 1. The fourth-order valence-electron chi connectivity index (χ4n) is 1.45. The second-order valence-electron chi connectivity index (χ2n) is 3.27. The van der Waals surface area contributed by atoms with Gasteiger partial charge >= 0.3 is 0 Å². The molecule has 0 radical (unpaired) electrons. The third-order valence-corrected chi connectivity index (χ3v) is 2.90. The van der Waals surface area contributed by atoms with E-state index in [1.807, 2.05) is 0 Å². The van der Waals surface area contributed by atoms with Crippen LogP contribution < -0.4 is 0 Å². The molecule has 0 saturated heterocycles. The first-order chi connectivity index (χ1) is 8.25. The van der Waals surface area contributed by atoms with Gasteiger partial charge in [0, 0.05) is 0 Å². The number of fused-ring (bicyclic) bond motifs is 1. The zero-order valence-electron chi connectivity index (χ0n) is 8.45. The number of nitrogens with one attached hydrogen (secondary N) is 1. The lowest BCUT2D eigenvalue weighted by Gasteiger charge is -2.19. The molecule has 0 spiro atoms. The van der Waals surface area contributed by atoms with E-state index < -0.39 is 5.91 Å². The zero-order valence-corrected chi connectivity index (χ0v) is 9.27. The van der Waals surface area contributed by atoms with Crippen molar-refractivity contribution in [3.05, 3.63) is 29.7 Å². The maximum absolute atomic E-state index is 11.7. The van der Waals surface area contributed by atoms with Crippen molar-refractivity contribution in [2.75, 3.05) is 0 Å². The van der Waals surface area contributed by atoms with Gasteiger partial charge in [0.15, 0.2) is 11.0 Å². The molecule has 7 heteroatoms. The van der Waals surface area contributed by atoms with Gasteiger partial charge in [-0.2, -0.15) is 15.1 Å². The standard InChI is InChI=1S/C10H6N4O2S/c11-8-7(4-6-2-1-3-16-6)9(15)13-10-14(8)12-5-17-10/h1-5,11H. The predicted octanol–water partition coefficient (Wildman–Crippen LogP) is 1.53. The molecule has 84 valence electrons. The molecule has 6 nitrogen and oxygen atoms in total. The van der Waals surface area contributed by atoms with Crippen molar-refractivity contribution in [1.82, 2.24) is 5.01 Å². The van der Waals surface area contributed by atoms with Crippen molar-refractivity contribution in [1.29, 1.82) is 5.41 Å². The zero-order chi connectivity index (χ0) is 11.8. The number of hydrazone groups is 1. The van der Waals surface area contributed by atoms with E-state index in [4.69, 9.17) is 9.83 Å². The molecule has 1 N–H and O–H groups in total. The minimum atomic E-state index is -0.448. The van der Waals surface area contributed by atoms with Crippen LogP contribution in [0.2, 0.25) is 0 Å². The van der Waals surface area contributed by atoms with Crippen LogP contribution in [0.5, 0.6) is 0 Å². The number of aliphatic imine (C=N–C) groups is 1. The van der Waals surface area contributed by atoms with Crippen molar-refractivity contribution in [2.45, 2.75) is 0 Å². The Morgan fingerprint density at radius 2 is 2.41 bits per heavy atom. The molecule has 3 rings (SSSR count). The molecule has 0 aliphatic carbocycles. The molecule has 0 atom stereocenters. The van der Waals surface area contributed by atoms with Crippen molar-refractivity contribution in [2.24, 2.45) is 10.1 Å². The largest absolute Gasteiger partial charge is 0.465 e. The van der Waals surface area contributed by atoms with Crippen LogP contribution in [0.15, 0.2) is 38.5 Å². The summed E-state index contributed by atoms with van der Waals surface area (Å²) in [6.45, 7) is 0. The van der Waals surface area contributed by atoms with Gasteiger partial charge in [-0.25, -0.2) is 0 Å². The van der Waals surface area contributed by atoms with Gasteiger partial charge in [0.2, 0.25) is 0 Å². The van der Waals surface area contributed by atoms with Gasteiger partial charge in [0.1, 0.15) is 5.76 Å². The molecule has 0 fully saturated rings. The van der Waals surface area contributed by atoms with Gasteiger partial charge in [0.25, 0.3) is 5.91 Å². The highest BCUT2D eigenvalue weighted by molar-refractivity contribution is 8.25. The number of nitrogens with zero attached hydrogens (tertiary/aromatic N) is 3. The first-order valence-corrected chi connectivity index (χ1v) is 5.60. The van der Waals surface area contributed by atoms with E-state index in [2.05, 4.69) is 10.1 Å². The number of thioether (sulfide) groups is 1. The summed E-state index contributed by atoms with van der Waals surface area (Å²) in [5.41, 5.74) is 1.71. The van der Waals surface area contributed by atoms with Gasteiger partial charge in [0.05, 0.1) is 17.4 Å². The first-order valence-electron chi connectivity index (χ1n) is 4.72. The van der Waals surface area contributed by atoms with Crippen LogP contribution in [0, 0.1) is 5.41 Å². The molecule has 0 aromatic carbocycles. The molecule has 1 aromatic heterocycles. The average molecular weight is 246 g/mol. The van der Waals surface area contributed by atoms with Crippen molar-refractivity contribution >= 4 is 40.3 Å². The van der Waals surface area contributed by atoms with Gasteiger partial charge < -0.3 is 4.42 Å². The van der Waals surface area contributed by atoms with Gasteiger partial charge in [-0.3, -0.25) is 10.2 Å². The third kappa shape index (κ3) is 1.60. The molecule has 0 bridgehead atoms. The Kier molecular flexibility index (Phi) is 2.19. The van der Waals surface area contributed by atoms with Gasteiger partial charge in [-0.15, -0.1) is 0 Å². The maximum Gasteiger partial charge on any atom is 0.283 e. The molecule has 1 aromatic rings. The summed E-state index contributed by atoms with van der Waals surface area (Å²) >= 11 is 1.22. The lowest BCUT2D eigenvalue weighted by atomic mass is 10.1. The second kappa shape index (κ2) is 3.70. The van der Waals surface area contributed by atoms with Crippen molar-refractivity contribution in [3.63, 3.8) is 0 Å². The SMILES string of the molecule is N=C1C(=Cc2ccco2)C(=O)N=C2SC=NN12. The minimum Gasteiger partial charge on any atom is -0.465 e. The minimum absolute atomic E-state index is 0.0117. The fraction of sp³-hybridized carbons (Fsp3) is 0. The Hall–Kier alpha value is -2.15. The number of hydrogen-bond acceptors (Lipinski definition) is 5. The van der Waals surface area contributed by atoms with E-state index in [1.54, 1.807) is 12.1 Å². The van der Waals surface area contributed by atoms with E-state index in [0.717, 1.165) is 0 Å². The van der Waals surface area contributed by atoms with E-state index in [9.17, 15) is 4.79 Å². The highest BCUT2D eigenvalue weighted by Gasteiger charge is 2.32. The van der Waals surface area contributed by atoms with Gasteiger partial charge in [-0.05, 0) is 30.0 Å². The number of hydrogen-bond donors (Lipinski definition) is 1. The topological polar surface area (TPSA) is 82.0 Å². The molecular weight excluding hydrogens is 240 g/mol. The highest BCUT2D eigenvalue weighted by atomic mass is 32.2. The normalized spacial score (nSPS) is 21.1. The summed E-state index contributed by atoms with van der Waals surface area (Å²) in [6, 6.07) is 3.41. The maximum atomic E-state index is 11.7. The summed E-state index contributed by atoms with van der Waals surface area (Å²) in [4.78, 5) is 15.6. The van der Waals surface area contributed by atoms with E-state index in [0.29, 0.717) is 10.9 Å². The highest BCUT2D eigenvalue weighted by Crippen LogP contribution is 2.24. The van der Waals surface area contributed by atoms with Crippen LogP contribution in [0.4, 0.5) is 0 Å². The summed E-state index contributed by atoms with van der Waals surface area (Å²) in [6.07, 6.45) is 2.99. The fourth-order valence-corrected chi connectivity index (χ4v) is 2.06. The Balaban J connectivity index is 2.04. The van der Waals surface area contributed by atoms with E-state index in [1.165, 1.54) is 34.7 Å². The van der Waals surface area contributed by atoms with Crippen molar-refractivity contribution < 1.29 is 9.21 Å². The lowest BCUT2D eigenvalue weighted by molar-refractivity contribution is -0.114. The third-order valence-electron chi connectivity index (χ3n) is 2.23. The Bertz CT molecular complexity index is 585.